The number of hydrogen-bond donors (Lipinski definition) is 2. The highest BCUT2D eigenvalue weighted by Crippen LogP contribution is 2.41. The van der Waals surface area contributed by atoms with Crippen LogP contribution in [-0.2, 0) is 6.42 Å². The number of fused-ring (bicyclic) bond motifs is 2. The van der Waals surface area contributed by atoms with Gasteiger partial charge in [0.1, 0.15) is 27.8 Å². The third kappa shape index (κ3) is 4.68. The highest BCUT2D eigenvalue weighted by atomic mass is 32.1. The molecular weight excluding hydrogens is 474 g/mol. The van der Waals surface area contributed by atoms with Crippen molar-refractivity contribution in [2.75, 3.05) is 39.1 Å². The number of ether oxygens (including phenoxy) is 3. The number of nitrogen functional groups attached to an aromatic ring is 1. The molecule has 0 amide bonds. The maximum atomic E-state index is 6.43. The number of hydrogen-bond acceptors (Lipinski definition) is 9. The average molecular weight is 504 g/mol. The summed E-state index contributed by atoms with van der Waals surface area (Å²) in [5, 5.41) is 4.47. The van der Waals surface area contributed by atoms with Crippen LogP contribution in [0.1, 0.15) is 29.3 Å². The number of anilines is 1. The van der Waals surface area contributed by atoms with Gasteiger partial charge < -0.3 is 25.3 Å². The fourth-order valence-electron chi connectivity index (χ4n) is 4.90. The molecule has 0 spiro atoms. The van der Waals surface area contributed by atoms with Crippen LogP contribution in [0.2, 0.25) is 0 Å². The van der Waals surface area contributed by atoms with Gasteiger partial charge in [0.05, 0.1) is 30.7 Å². The Hall–Kier alpha value is -3.43. The van der Waals surface area contributed by atoms with Crippen molar-refractivity contribution >= 4 is 27.5 Å². The fraction of sp³-hybridized carbons (Fsp3) is 0.370. The maximum absolute atomic E-state index is 6.43. The van der Waals surface area contributed by atoms with Crippen LogP contribution in [0, 0.1) is 5.92 Å². The number of nitrogens with zero attached hydrogens (tertiary/aromatic N) is 3. The standard InChI is InChI=1S/C27H29N5O3S/c1-33-20-2-3-22-18(11-20)10-19(15-35-22)26-32-25-23(34-14-16-4-7-29-8-5-16)12-17(13-24(25)36-26)21-6-9-30-27(28)31-21/h2-3,6,9,11-13,16,19,29H,4-5,7-8,10,14-15H2,1H3,(H2,28,30,31). The molecule has 0 saturated carbocycles. The quantitative estimate of drug-likeness (QED) is 0.398. The first-order chi connectivity index (χ1) is 17.7. The Labute approximate surface area is 213 Å². The first-order valence-corrected chi connectivity index (χ1v) is 13.1. The molecule has 0 radical (unpaired) electrons. The Morgan fingerprint density at radius 3 is 2.86 bits per heavy atom. The Morgan fingerprint density at radius 2 is 2.03 bits per heavy atom. The van der Waals surface area contributed by atoms with E-state index in [1.54, 1.807) is 24.6 Å². The molecule has 1 fully saturated rings. The van der Waals surface area contributed by atoms with E-state index in [9.17, 15) is 0 Å². The molecule has 1 unspecified atom stereocenters. The van der Waals surface area contributed by atoms with Gasteiger partial charge in [0.25, 0.3) is 0 Å². The van der Waals surface area contributed by atoms with Crippen LogP contribution >= 0.6 is 11.3 Å². The second-order valence-electron chi connectivity index (χ2n) is 9.36. The third-order valence-electron chi connectivity index (χ3n) is 6.90. The van der Waals surface area contributed by atoms with E-state index in [0.29, 0.717) is 19.1 Å². The first kappa shape index (κ1) is 23.0. The van der Waals surface area contributed by atoms with E-state index in [-0.39, 0.29) is 11.9 Å². The number of benzene rings is 2. The van der Waals surface area contributed by atoms with Crippen molar-refractivity contribution in [3.05, 3.63) is 53.2 Å². The van der Waals surface area contributed by atoms with E-state index in [1.165, 1.54) is 0 Å². The summed E-state index contributed by atoms with van der Waals surface area (Å²) in [6.45, 7) is 3.36. The lowest BCUT2D eigenvalue weighted by molar-refractivity contribution is 0.217. The minimum absolute atomic E-state index is 0.164. The Balaban J connectivity index is 1.35. The predicted octanol–water partition coefficient (Wildman–Crippen LogP) is 4.44. The zero-order chi connectivity index (χ0) is 24.5. The zero-order valence-corrected chi connectivity index (χ0v) is 21.0. The van der Waals surface area contributed by atoms with Crippen LogP contribution in [0.5, 0.6) is 17.2 Å². The second kappa shape index (κ2) is 9.91. The summed E-state index contributed by atoms with van der Waals surface area (Å²) in [6, 6.07) is 12.0. The van der Waals surface area contributed by atoms with E-state index >= 15 is 0 Å². The lowest BCUT2D eigenvalue weighted by Crippen LogP contribution is -2.30. The number of piperidine rings is 1. The largest absolute Gasteiger partial charge is 0.497 e. The molecule has 36 heavy (non-hydrogen) atoms. The highest BCUT2D eigenvalue weighted by Gasteiger charge is 2.26. The Bertz CT molecular complexity index is 1390. The van der Waals surface area contributed by atoms with E-state index in [2.05, 4.69) is 27.4 Å². The summed E-state index contributed by atoms with van der Waals surface area (Å²) in [5.41, 5.74) is 9.63. The predicted molar refractivity (Wildman–Crippen MR) is 141 cm³/mol. The van der Waals surface area contributed by atoms with Gasteiger partial charge in [0.2, 0.25) is 5.95 Å². The summed E-state index contributed by atoms with van der Waals surface area (Å²) >= 11 is 1.69. The van der Waals surface area contributed by atoms with E-state index in [1.807, 2.05) is 24.3 Å². The smallest absolute Gasteiger partial charge is 0.220 e. The SMILES string of the molecule is COc1ccc2c(c1)CC(c1nc3c(OCC4CCNCC4)cc(-c4ccnc(N)n4)cc3s1)CO2. The molecule has 8 nitrogen and oxygen atoms in total. The van der Waals surface area contributed by atoms with Gasteiger partial charge in [-0.15, -0.1) is 11.3 Å². The molecule has 2 aliphatic heterocycles. The number of methoxy groups -OCH3 is 1. The molecule has 4 heterocycles. The first-order valence-electron chi connectivity index (χ1n) is 12.3. The number of nitrogens with two attached hydrogens (primary N) is 1. The molecule has 1 saturated heterocycles. The van der Waals surface area contributed by atoms with Crippen LogP contribution in [0.25, 0.3) is 21.5 Å². The zero-order valence-electron chi connectivity index (χ0n) is 20.2. The van der Waals surface area contributed by atoms with Gasteiger partial charge in [-0.2, -0.15) is 0 Å². The molecule has 2 aliphatic rings. The molecule has 186 valence electrons. The molecule has 4 aromatic rings. The molecule has 1 atom stereocenters. The summed E-state index contributed by atoms with van der Waals surface area (Å²) in [6.07, 6.45) is 4.78. The van der Waals surface area contributed by atoms with Gasteiger partial charge in [-0.3, -0.25) is 0 Å². The van der Waals surface area contributed by atoms with Crippen LogP contribution in [0.4, 0.5) is 5.95 Å². The molecular formula is C27H29N5O3S. The van der Waals surface area contributed by atoms with Crippen molar-refractivity contribution in [1.82, 2.24) is 20.3 Å². The van der Waals surface area contributed by atoms with Crippen molar-refractivity contribution in [3.63, 3.8) is 0 Å². The van der Waals surface area contributed by atoms with Gasteiger partial charge in [0.15, 0.2) is 0 Å². The van der Waals surface area contributed by atoms with Gasteiger partial charge >= 0.3 is 0 Å². The topological polar surface area (TPSA) is 104 Å². The average Bonchev–Trinajstić information content (AvgIpc) is 3.36. The molecule has 2 aromatic heterocycles. The van der Waals surface area contributed by atoms with Crippen molar-refractivity contribution < 1.29 is 14.2 Å². The van der Waals surface area contributed by atoms with Crippen LogP contribution in [0.15, 0.2) is 42.6 Å². The van der Waals surface area contributed by atoms with Crippen molar-refractivity contribution in [2.24, 2.45) is 5.92 Å². The summed E-state index contributed by atoms with van der Waals surface area (Å²) in [5.74, 6) is 3.50. The molecule has 2 aromatic carbocycles. The minimum Gasteiger partial charge on any atom is -0.497 e. The third-order valence-corrected chi connectivity index (χ3v) is 8.07. The monoisotopic (exact) mass is 503 g/mol. The van der Waals surface area contributed by atoms with Crippen LogP contribution < -0.4 is 25.3 Å². The van der Waals surface area contributed by atoms with Gasteiger partial charge in [-0.05, 0) is 80.2 Å². The lowest BCUT2D eigenvalue weighted by atomic mass is 9.97. The second-order valence-corrected chi connectivity index (χ2v) is 10.4. The fourth-order valence-corrected chi connectivity index (χ4v) is 6.00. The number of rotatable bonds is 6. The van der Waals surface area contributed by atoms with Crippen molar-refractivity contribution in [2.45, 2.75) is 25.2 Å². The number of thiazole rings is 1. The van der Waals surface area contributed by atoms with E-state index in [0.717, 1.165) is 81.6 Å². The van der Waals surface area contributed by atoms with Crippen LogP contribution in [-0.4, -0.2) is 48.4 Å². The number of aromatic nitrogens is 3. The highest BCUT2D eigenvalue weighted by molar-refractivity contribution is 7.18. The van der Waals surface area contributed by atoms with E-state index in [4.69, 9.17) is 24.9 Å². The molecule has 9 heteroatoms. The van der Waals surface area contributed by atoms with Gasteiger partial charge in [-0.1, -0.05) is 0 Å². The molecule has 0 bridgehead atoms. The molecule has 6 rings (SSSR count). The van der Waals surface area contributed by atoms with Crippen molar-refractivity contribution in [3.8, 4) is 28.5 Å². The Morgan fingerprint density at radius 1 is 1.14 bits per heavy atom. The minimum atomic E-state index is 0.164. The Kier molecular flexibility index (Phi) is 6.33. The normalized spacial score (nSPS) is 18.0. The summed E-state index contributed by atoms with van der Waals surface area (Å²) in [4.78, 5) is 13.6. The molecule has 3 N–H and O–H groups in total. The van der Waals surface area contributed by atoms with Gasteiger partial charge in [0, 0.05) is 17.7 Å². The summed E-state index contributed by atoms with van der Waals surface area (Å²) in [7, 11) is 1.69. The summed E-state index contributed by atoms with van der Waals surface area (Å²) < 4.78 is 19.0. The number of nitrogens with one attached hydrogen (secondary N) is 1. The maximum Gasteiger partial charge on any atom is 0.220 e. The van der Waals surface area contributed by atoms with Gasteiger partial charge in [-0.25, -0.2) is 15.0 Å². The van der Waals surface area contributed by atoms with E-state index < -0.39 is 0 Å². The molecule has 0 aliphatic carbocycles. The lowest BCUT2D eigenvalue weighted by Gasteiger charge is -2.24. The van der Waals surface area contributed by atoms with Crippen molar-refractivity contribution in [1.29, 1.82) is 0 Å². The van der Waals surface area contributed by atoms with Crippen LogP contribution in [0.3, 0.4) is 0 Å².